The third-order valence-corrected chi connectivity index (χ3v) is 8.77. The van der Waals surface area contributed by atoms with Gasteiger partial charge < -0.3 is 19.7 Å². The van der Waals surface area contributed by atoms with Crippen LogP contribution in [0.25, 0.3) is 0 Å². The average molecular weight is 654 g/mol. The average Bonchev–Trinajstić information content (AvgIpc) is 2.97. The van der Waals surface area contributed by atoms with Crippen LogP contribution >= 0.6 is 23.2 Å². The highest BCUT2D eigenvalue weighted by atomic mass is 35.5. The first-order chi connectivity index (χ1) is 20.8. The smallest absolute Gasteiger partial charge is 0.437 e. The number of nitrogens with one attached hydrogen (secondary N) is 1. The van der Waals surface area contributed by atoms with Gasteiger partial charge in [0.2, 0.25) is 5.91 Å². The molecule has 1 fully saturated rings. The SMILES string of the molecule is CN1C(=O)OC2(CCN(CCC(C(=O)NCc3cccc(OC(F)(F)F)c3)c3ccc(Cl)c(Cl)c3)CC2)c2cc(F)ccc21. The van der Waals surface area contributed by atoms with Gasteiger partial charge in [-0.1, -0.05) is 41.4 Å². The van der Waals surface area contributed by atoms with Gasteiger partial charge in [-0.2, -0.15) is 0 Å². The van der Waals surface area contributed by atoms with E-state index in [0.29, 0.717) is 66.3 Å². The van der Waals surface area contributed by atoms with Gasteiger partial charge in [0.15, 0.2) is 0 Å². The van der Waals surface area contributed by atoms with E-state index in [1.165, 1.54) is 35.2 Å². The van der Waals surface area contributed by atoms with Crippen molar-refractivity contribution < 1.29 is 36.6 Å². The highest BCUT2D eigenvalue weighted by Gasteiger charge is 2.46. The van der Waals surface area contributed by atoms with Crippen LogP contribution in [0, 0.1) is 5.82 Å². The lowest BCUT2D eigenvalue weighted by atomic mass is 9.81. The first-order valence-electron chi connectivity index (χ1n) is 13.9. The van der Waals surface area contributed by atoms with E-state index in [0.717, 1.165) is 0 Å². The third-order valence-electron chi connectivity index (χ3n) is 8.03. The molecule has 1 saturated heterocycles. The van der Waals surface area contributed by atoms with Crippen LogP contribution in [0.2, 0.25) is 10.0 Å². The molecule has 2 aliphatic rings. The number of alkyl halides is 3. The molecule has 2 amide bonds. The summed E-state index contributed by atoms with van der Waals surface area (Å²) in [5.41, 5.74) is 1.37. The van der Waals surface area contributed by atoms with Crippen LogP contribution in [-0.2, 0) is 21.7 Å². The standard InChI is InChI=1S/C31H29Cl2F4N3O4/c1-39-27-8-6-21(34)17-24(27)30(44-29(39)42)10-13-40(14-11-30)12-9-23(20-5-7-25(32)26(33)16-20)28(41)38-18-19-3-2-4-22(15-19)43-31(35,36)37/h2-8,15-17,23H,9-14,18H2,1H3,(H,38,41). The number of hydrogen-bond acceptors (Lipinski definition) is 5. The number of halogens is 6. The Hall–Kier alpha value is -3.54. The van der Waals surface area contributed by atoms with Crippen LogP contribution in [0.3, 0.4) is 0 Å². The van der Waals surface area contributed by atoms with E-state index >= 15 is 0 Å². The van der Waals surface area contributed by atoms with E-state index in [4.69, 9.17) is 27.9 Å². The van der Waals surface area contributed by atoms with Crippen molar-refractivity contribution in [1.29, 1.82) is 0 Å². The first-order valence-corrected chi connectivity index (χ1v) is 14.7. The number of fused-ring (bicyclic) bond motifs is 2. The van der Waals surface area contributed by atoms with Crippen molar-refractivity contribution >= 4 is 40.9 Å². The summed E-state index contributed by atoms with van der Waals surface area (Å²) in [7, 11) is 1.59. The zero-order chi connectivity index (χ0) is 31.6. The third kappa shape index (κ3) is 7.22. The summed E-state index contributed by atoms with van der Waals surface area (Å²) in [4.78, 5) is 29.6. The second-order valence-electron chi connectivity index (χ2n) is 10.9. The molecule has 1 unspecified atom stereocenters. The number of hydrogen-bond donors (Lipinski definition) is 1. The number of rotatable bonds is 8. The summed E-state index contributed by atoms with van der Waals surface area (Å²) in [6.07, 6.45) is -4.04. The monoisotopic (exact) mass is 653 g/mol. The van der Waals surface area contributed by atoms with E-state index in [-0.39, 0.29) is 23.2 Å². The molecule has 2 aliphatic heterocycles. The summed E-state index contributed by atoms with van der Waals surface area (Å²) in [5, 5.41) is 3.43. The summed E-state index contributed by atoms with van der Waals surface area (Å²) < 4.78 is 62.0. The highest BCUT2D eigenvalue weighted by molar-refractivity contribution is 6.42. The maximum absolute atomic E-state index is 14.2. The minimum absolute atomic E-state index is 0.0201. The molecule has 0 aliphatic carbocycles. The minimum Gasteiger partial charge on any atom is -0.437 e. The summed E-state index contributed by atoms with van der Waals surface area (Å²) in [6, 6.07) is 14.7. The van der Waals surface area contributed by atoms with Crippen molar-refractivity contribution in [2.24, 2.45) is 0 Å². The van der Waals surface area contributed by atoms with Crippen molar-refractivity contribution in [2.45, 2.75) is 43.7 Å². The molecule has 1 spiro atoms. The Balaban J connectivity index is 1.27. The Morgan fingerprint density at radius 1 is 1.07 bits per heavy atom. The number of anilines is 1. The predicted molar refractivity (Wildman–Crippen MR) is 157 cm³/mol. The van der Waals surface area contributed by atoms with Gasteiger partial charge in [0.1, 0.15) is 17.2 Å². The molecule has 3 aromatic rings. The molecule has 44 heavy (non-hydrogen) atoms. The fourth-order valence-electron chi connectivity index (χ4n) is 5.72. The molecule has 0 radical (unpaired) electrons. The van der Waals surface area contributed by atoms with Crippen LogP contribution in [0.4, 0.5) is 28.0 Å². The Morgan fingerprint density at radius 2 is 1.82 bits per heavy atom. The number of ether oxygens (including phenoxy) is 2. The molecule has 13 heteroatoms. The lowest BCUT2D eigenvalue weighted by molar-refractivity contribution is -0.274. The summed E-state index contributed by atoms with van der Waals surface area (Å²) in [6.45, 7) is 1.56. The normalized spacial score (nSPS) is 17.2. The number of piperidine rings is 1. The molecule has 0 bridgehead atoms. The maximum Gasteiger partial charge on any atom is 0.573 e. The van der Waals surface area contributed by atoms with Crippen LogP contribution in [0.1, 0.15) is 41.9 Å². The van der Waals surface area contributed by atoms with Gasteiger partial charge in [0.25, 0.3) is 0 Å². The Labute approximate surface area is 261 Å². The zero-order valence-corrected chi connectivity index (χ0v) is 25.1. The predicted octanol–water partition coefficient (Wildman–Crippen LogP) is 7.40. The molecular weight excluding hydrogens is 625 g/mol. The van der Waals surface area contributed by atoms with E-state index < -0.39 is 29.8 Å². The van der Waals surface area contributed by atoms with Gasteiger partial charge in [0.05, 0.1) is 21.7 Å². The van der Waals surface area contributed by atoms with Crippen molar-refractivity contribution in [2.75, 3.05) is 31.6 Å². The van der Waals surface area contributed by atoms with Crippen molar-refractivity contribution in [1.82, 2.24) is 10.2 Å². The van der Waals surface area contributed by atoms with E-state index in [2.05, 4.69) is 15.0 Å². The number of benzene rings is 3. The number of nitrogens with zero attached hydrogens (tertiary/aromatic N) is 2. The minimum atomic E-state index is -4.83. The topological polar surface area (TPSA) is 71.1 Å². The van der Waals surface area contributed by atoms with Gasteiger partial charge in [-0.15, -0.1) is 13.2 Å². The summed E-state index contributed by atoms with van der Waals surface area (Å²) in [5.74, 6) is -1.78. The fraction of sp³-hybridized carbons (Fsp3) is 0.355. The van der Waals surface area contributed by atoms with Gasteiger partial charge >= 0.3 is 12.5 Å². The van der Waals surface area contributed by atoms with Gasteiger partial charge in [-0.05, 0) is 66.6 Å². The van der Waals surface area contributed by atoms with Crippen LogP contribution in [0.5, 0.6) is 5.75 Å². The Morgan fingerprint density at radius 3 is 2.52 bits per heavy atom. The molecular formula is C31H29Cl2F4N3O4. The van der Waals surface area contributed by atoms with Crippen LogP contribution < -0.4 is 15.0 Å². The number of likely N-dealkylation sites (tertiary alicyclic amines) is 1. The summed E-state index contributed by atoms with van der Waals surface area (Å²) >= 11 is 12.4. The molecule has 234 valence electrons. The largest absolute Gasteiger partial charge is 0.573 e. The molecule has 2 heterocycles. The van der Waals surface area contributed by atoms with E-state index in [1.807, 2.05) is 0 Å². The highest BCUT2D eigenvalue weighted by Crippen LogP contribution is 2.45. The second-order valence-corrected chi connectivity index (χ2v) is 11.7. The van der Waals surface area contributed by atoms with E-state index in [9.17, 15) is 27.2 Å². The fourth-order valence-corrected chi connectivity index (χ4v) is 6.03. The molecule has 0 aromatic heterocycles. The number of carbonyl (C=O) groups excluding carboxylic acids is 2. The van der Waals surface area contributed by atoms with Crippen LogP contribution in [0.15, 0.2) is 60.7 Å². The number of amides is 2. The van der Waals surface area contributed by atoms with Gasteiger partial charge in [-0.3, -0.25) is 9.69 Å². The second kappa shape index (κ2) is 12.8. The Bertz CT molecular complexity index is 1550. The Kier molecular flexibility index (Phi) is 9.29. The molecule has 5 rings (SSSR count). The van der Waals surface area contributed by atoms with Crippen molar-refractivity contribution in [3.8, 4) is 5.75 Å². The zero-order valence-electron chi connectivity index (χ0n) is 23.6. The quantitative estimate of drug-likeness (QED) is 0.257. The van der Waals surface area contributed by atoms with Crippen molar-refractivity contribution in [3.63, 3.8) is 0 Å². The van der Waals surface area contributed by atoms with E-state index in [1.54, 1.807) is 37.4 Å². The first kappa shape index (κ1) is 31.9. The molecule has 3 aromatic carbocycles. The lowest BCUT2D eigenvalue weighted by Crippen LogP contribution is -2.51. The molecule has 7 nitrogen and oxygen atoms in total. The maximum atomic E-state index is 14.2. The molecule has 0 saturated carbocycles. The number of carbonyl (C=O) groups is 2. The van der Waals surface area contributed by atoms with Crippen LogP contribution in [-0.4, -0.2) is 49.9 Å². The molecule has 1 atom stereocenters. The molecule has 1 N–H and O–H groups in total. The lowest BCUT2D eigenvalue weighted by Gasteiger charge is -2.46. The van der Waals surface area contributed by atoms with Gasteiger partial charge in [0, 0.05) is 45.1 Å². The van der Waals surface area contributed by atoms with Gasteiger partial charge in [-0.25, -0.2) is 9.18 Å². The van der Waals surface area contributed by atoms with Crippen molar-refractivity contribution in [3.05, 3.63) is 93.2 Å².